The highest BCUT2D eigenvalue weighted by atomic mass is 16.5. The zero-order valence-corrected chi connectivity index (χ0v) is 9.53. The van der Waals surface area contributed by atoms with E-state index in [-0.39, 0.29) is 12.2 Å². The molecule has 0 aromatic carbocycles. The van der Waals surface area contributed by atoms with E-state index in [4.69, 9.17) is 19.6 Å². The van der Waals surface area contributed by atoms with E-state index in [9.17, 15) is 0 Å². The van der Waals surface area contributed by atoms with Gasteiger partial charge in [0.05, 0.1) is 12.7 Å². The molecule has 1 rings (SSSR count). The third kappa shape index (κ3) is 3.66. The summed E-state index contributed by atoms with van der Waals surface area (Å²) in [6, 6.07) is 3.80. The first-order chi connectivity index (χ1) is 7.17. The standard InChI is InChI=1S/C11H19NO3/c1-8-4-5-10(14-8)11(6-12)15-9(2)7-13-3/h4-5,9,11H,6-7,12H2,1-3H3. The molecule has 0 spiro atoms. The molecule has 4 heteroatoms. The molecular formula is C11H19NO3. The largest absolute Gasteiger partial charge is 0.464 e. The number of hydrogen-bond acceptors (Lipinski definition) is 4. The maximum atomic E-state index is 5.70. The van der Waals surface area contributed by atoms with Crippen LogP contribution in [-0.4, -0.2) is 26.4 Å². The molecule has 0 bridgehead atoms. The van der Waals surface area contributed by atoms with Crippen LogP contribution in [0.4, 0.5) is 0 Å². The van der Waals surface area contributed by atoms with Gasteiger partial charge in [-0.15, -0.1) is 0 Å². The summed E-state index contributed by atoms with van der Waals surface area (Å²) in [4.78, 5) is 0. The van der Waals surface area contributed by atoms with Crippen molar-refractivity contribution in [3.63, 3.8) is 0 Å². The van der Waals surface area contributed by atoms with E-state index >= 15 is 0 Å². The fraction of sp³-hybridized carbons (Fsp3) is 0.636. The maximum absolute atomic E-state index is 5.70. The molecule has 0 amide bonds. The Bertz CT molecular complexity index is 285. The van der Waals surface area contributed by atoms with Gasteiger partial charge in [0, 0.05) is 13.7 Å². The molecule has 1 aromatic rings. The van der Waals surface area contributed by atoms with Crippen LogP contribution < -0.4 is 5.73 Å². The Morgan fingerprint density at radius 1 is 1.47 bits per heavy atom. The van der Waals surface area contributed by atoms with Gasteiger partial charge in [-0.2, -0.15) is 0 Å². The SMILES string of the molecule is COCC(C)OC(CN)c1ccc(C)o1. The van der Waals surface area contributed by atoms with Crippen LogP contribution in [-0.2, 0) is 9.47 Å². The van der Waals surface area contributed by atoms with E-state index in [1.54, 1.807) is 7.11 Å². The summed E-state index contributed by atoms with van der Waals surface area (Å²) >= 11 is 0. The van der Waals surface area contributed by atoms with E-state index in [0.29, 0.717) is 13.2 Å². The molecule has 1 aromatic heterocycles. The molecule has 2 N–H and O–H groups in total. The highest BCUT2D eigenvalue weighted by molar-refractivity contribution is 5.08. The van der Waals surface area contributed by atoms with Crippen molar-refractivity contribution in [3.8, 4) is 0 Å². The van der Waals surface area contributed by atoms with Crippen LogP contribution in [0.2, 0.25) is 0 Å². The molecule has 2 unspecified atom stereocenters. The van der Waals surface area contributed by atoms with Crippen molar-refractivity contribution < 1.29 is 13.9 Å². The summed E-state index contributed by atoms with van der Waals surface area (Å²) < 4.78 is 16.2. The molecule has 0 fully saturated rings. The number of furan rings is 1. The van der Waals surface area contributed by atoms with Gasteiger partial charge in [-0.05, 0) is 26.0 Å². The molecule has 0 saturated heterocycles. The highest BCUT2D eigenvalue weighted by Crippen LogP contribution is 2.20. The minimum absolute atomic E-state index is 0.00829. The Morgan fingerprint density at radius 2 is 2.20 bits per heavy atom. The van der Waals surface area contributed by atoms with Crippen molar-refractivity contribution in [2.45, 2.75) is 26.1 Å². The van der Waals surface area contributed by atoms with Gasteiger partial charge in [0.15, 0.2) is 0 Å². The smallest absolute Gasteiger partial charge is 0.134 e. The number of hydrogen-bond donors (Lipinski definition) is 1. The molecule has 15 heavy (non-hydrogen) atoms. The van der Waals surface area contributed by atoms with Gasteiger partial charge >= 0.3 is 0 Å². The number of rotatable bonds is 6. The minimum atomic E-state index is -0.191. The first-order valence-electron chi connectivity index (χ1n) is 5.08. The summed E-state index contributed by atoms with van der Waals surface area (Å²) in [5.74, 6) is 1.64. The molecule has 0 aliphatic carbocycles. The van der Waals surface area contributed by atoms with Gasteiger partial charge < -0.3 is 19.6 Å². The van der Waals surface area contributed by atoms with Gasteiger partial charge in [-0.3, -0.25) is 0 Å². The molecule has 4 nitrogen and oxygen atoms in total. The van der Waals surface area contributed by atoms with Gasteiger partial charge in [-0.25, -0.2) is 0 Å². The number of ether oxygens (including phenoxy) is 2. The number of methoxy groups -OCH3 is 1. The summed E-state index contributed by atoms with van der Waals surface area (Å²) in [6.07, 6.45) is -0.183. The molecule has 0 radical (unpaired) electrons. The van der Waals surface area contributed by atoms with Gasteiger partial charge in [-0.1, -0.05) is 0 Å². The van der Waals surface area contributed by atoms with Crippen LogP contribution in [0, 0.1) is 6.92 Å². The molecule has 86 valence electrons. The minimum Gasteiger partial charge on any atom is -0.464 e. The highest BCUT2D eigenvalue weighted by Gasteiger charge is 2.17. The zero-order valence-electron chi connectivity index (χ0n) is 9.53. The average Bonchev–Trinajstić information content (AvgIpc) is 2.61. The molecule has 0 saturated carbocycles. The van der Waals surface area contributed by atoms with Crippen LogP contribution in [0.25, 0.3) is 0 Å². The number of aryl methyl sites for hydroxylation is 1. The van der Waals surface area contributed by atoms with Crippen LogP contribution in [0.1, 0.15) is 24.5 Å². The van der Waals surface area contributed by atoms with E-state index in [1.807, 2.05) is 26.0 Å². The second kappa shape index (κ2) is 5.90. The Kier molecular flexibility index (Phi) is 4.81. The summed E-state index contributed by atoms with van der Waals surface area (Å²) in [7, 11) is 1.65. The Balaban J connectivity index is 2.56. The summed E-state index contributed by atoms with van der Waals surface area (Å²) in [5, 5.41) is 0. The Hall–Kier alpha value is -0.840. The summed E-state index contributed by atoms with van der Waals surface area (Å²) in [5.41, 5.74) is 5.63. The van der Waals surface area contributed by atoms with Crippen LogP contribution in [0.15, 0.2) is 16.5 Å². The van der Waals surface area contributed by atoms with Crippen LogP contribution in [0.3, 0.4) is 0 Å². The second-order valence-corrected chi connectivity index (χ2v) is 3.57. The van der Waals surface area contributed by atoms with Crippen molar-refractivity contribution >= 4 is 0 Å². The molecule has 2 atom stereocenters. The predicted molar refractivity (Wildman–Crippen MR) is 57.7 cm³/mol. The lowest BCUT2D eigenvalue weighted by atomic mass is 10.2. The van der Waals surface area contributed by atoms with Crippen molar-refractivity contribution in [2.75, 3.05) is 20.3 Å². The lowest BCUT2D eigenvalue weighted by molar-refractivity contribution is -0.0442. The zero-order chi connectivity index (χ0) is 11.3. The van der Waals surface area contributed by atoms with Crippen molar-refractivity contribution in [1.29, 1.82) is 0 Å². The maximum Gasteiger partial charge on any atom is 0.134 e. The molecule has 0 aliphatic heterocycles. The molecule has 1 heterocycles. The third-order valence-electron chi connectivity index (χ3n) is 2.09. The van der Waals surface area contributed by atoms with E-state index < -0.39 is 0 Å². The molecule has 0 aliphatic rings. The Morgan fingerprint density at radius 3 is 2.67 bits per heavy atom. The lowest BCUT2D eigenvalue weighted by Crippen LogP contribution is -2.23. The monoisotopic (exact) mass is 213 g/mol. The topological polar surface area (TPSA) is 57.6 Å². The summed E-state index contributed by atoms with van der Waals surface area (Å²) in [6.45, 7) is 4.80. The first-order valence-corrected chi connectivity index (χ1v) is 5.08. The average molecular weight is 213 g/mol. The predicted octanol–water partition coefficient (Wildman–Crippen LogP) is 1.64. The lowest BCUT2D eigenvalue weighted by Gasteiger charge is -2.18. The molecular weight excluding hydrogens is 194 g/mol. The first kappa shape index (κ1) is 12.2. The van der Waals surface area contributed by atoms with Crippen molar-refractivity contribution in [1.82, 2.24) is 0 Å². The van der Waals surface area contributed by atoms with Crippen LogP contribution >= 0.6 is 0 Å². The van der Waals surface area contributed by atoms with Gasteiger partial charge in [0.2, 0.25) is 0 Å². The third-order valence-corrected chi connectivity index (χ3v) is 2.09. The van der Waals surface area contributed by atoms with Crippen LogP contribution in [0.5, 0.6) is 0 Å². The normalized spacial score (nSPS) is 15.2. The van der Waals surface area contributed by atoms with E-state index in [2.05, 4.69) is 0 Å². The quantitative estimate of drug-likeness (QED) is 0.780. The van der Waals surface area contributed by atoms with Gasteiger partial charge in [0.25, 0.3) is 0 Å². The van der Waals surface area contributed by atoms with E-state index in [1.165, 1.54) is 0 Å². The fourth-order valence-electron chi connectivity index (χ4n) is 1.42. The fourth-order valence-corrected chi connectivity index (χ4v) is 1.42. The second-order valence-electron chi connectivity index (χ2n) is 3.57. The van der Waals surface area contributed by atoms with Crippen molar-refractivity contribution in [3.05, 3.63) is 23.7 Å². The Labute approximate surface area is 90.3 Å². The van der Waals surface area contributed by atoms with E-state index in [0.717, 1.165) is 11.5 Å². The van der Waals surface area contributed by atoms with Crippen molar-refractivity contribution in [2.24, 2.45) is 5.73 Å². The number of nitrogens with two attached hydrogens (primary N) is 1. The van der Waals surface area contributed by atoms with Gasteiger partial charge in [0.1, 0.15) is 17.6 Å².